The second kappa shape index (κ2) is 7.65. The van der Waals surface area contributed by atoms with Gasteiger partial charge in [0.25, 0.3) is 5.91 Å². The van der Waals surface area contributed by atoms with Gasteiger partial charge in [-0.05, 0) is 31.9 Å². The third kappa shape index (κ3) is 4.17. The number of benzene rings is 1. The van der Waals surface area contributed by atoms with Crippen LogP contribution in [-0.4, -0.2) is 39.9 Å². The SMILES string of the molecule is Cc1noc(CNC(=O)C2CCN(C(=O)c3ccccc3Cl)CC2)n1. The lowest BCUT2D eigenvalue weighted by Gasteiger charge is -2.31. The van der Waals surface area contributed by atoms with Crippen molar-refractivity contribution in [2.45, 2.75) is 26.3 Å². The van der Waals surface area contributed by atoms with Gasteiger partial charge in [0.1, 0.15) is 0 Å². The quantitative estimate of drug-likeness (QED) is 0.900. The van der Waals surface area contributed by atoms with Crippen molar-refractivity contribution in [3.05, 3.63) is 46.6 Å². The molecule has 0 atom stereocenters. The molecule has 1 aliphatic heterocycles. The van der Waals surface area contributed by atoms with Crippen molar-refractivity contribution in [1.82, 2.24) is 20.4 Å². The molecule has 0 radical (unpaired) electrons. The molecular formula is C17H19ClN4O3. The first-order chi connectivity index (χ1) is 12.0. The second-order valence-electron chi connectivity index (χ2n) is 6.00. The highest BCUT2D eigenvalue weighted by Crippen LogP contribution is 2.22. The Balaban J connectivity index is 1.50. The van der Waals surface area contributed by atoms with E-state index in [1.807, 2.05) is 0 Å². The van der Waals surface area contributed by atoms with Crippen LogP contribution in [0.3, 0.4) is 0 Å². The molecule has 2 aromatic rings. The Morgan fingerprint density at radius 1 is 1.32 bits per heavy atom. The van der Waals surface area contributed by atoms with Gasteiger partial charge in [0.15, 0.2) is 5.82 Å². The third-order valence-electron chi connectivity index (χ3n) is 4.24. The van der Waals surface area contributed by atoms with Crippen LogP contribution in [0.2, 0.25) is 5.02 Å². The zero-order valence-electron chi connectivity index (χ0n) is 13.9. The number of halogens is 1. The van der Waals surface area contributed by atoms with Crippen LogP contribution >= 0.6 is 11.6 Å². The second-order valence-corrected chi connectivity index (χ2v) is 6.41. The molecular weight excluding hydrogens is 344 g/mol. The van der Waals surface area contributed by atoms with E-state index in [9.17, 15) is 9.59 Å². The van der Waals surface area contributed by atoms with Crippen molar-refractivity contribution in [3.63, 3.8) is 0 Å². The summed E-state index contributed by atoms with van der Waals surface area (Å²) in [6, 6.07) is 7.00. The van der Waals surface area contributed by atoms with E-state index in [1.54, 1.807) is 36.1 Å². The molecule has 1 fully saturated rings. The van der Waals surface area contributed by atoms with Gasteiger partial charge in [-0.2, -0.15) is 4.98 Å². The van der Waals surface area contributed by atoms with Crippen molar-refractivity contribution in [2.24, 2.45) is 5.92 Å². The Bertz CT molecular complexity index is 769. The molecule has 1 N–H and O–H groups in total. The fourth-order valence-corrected chi connectivity index (χ4v) is 3.09. The Labute approximate surface area is 150 Å². The summed E-state index contributed by atoms with van der Waals surface area (Å²) in [4.78, 5) is 30.6. The fourth-order valence-electron chi connectivity index (χ4n) is 2.87. The zero-order chi connectivity index (χ0) is 17.8. The maximum atomic E-state index is 12.5. The van der Waals surface area contributed by atoms with Gasteiger partial charge >= 0.3 is 0 Å². The maximum absolute atomic E-state index is 12.5. The molecule has 1 aliphatic rings. The van der Waals surface area contributed by atoms with Crippen LogP contribution in [0, 0.1) is 12.8 Å². The maximum Gasteiger partial charge on any atom is 0.255 e. The molecule has 0 aliphatic carbocycles. The monoisotopic (exact) mass is 362 g/mol. The number of piperidine rings is 1. The molecule has 8 heteroatoms. The Hall–Kier alpha value is -2.41. The summed E-state index contributed by atoms with van der Waals surface area (Å²) >= 11 is 6.09. The van der Waals surface area contributed by atoms with Crippen LogP contribution in [0.25, 0.3) is 0 Å². The Kier molecular flexibility index (Phi) is 5.33. The lowest BCUT2D eigenvalue weighted by atomic mass is 9.95. The van der Waals surface area contributed by atoms with E-state index >= 15 is 0 Å². The number of amides is 2. The van der Waals surface area contributed by atoms with Gasteiger partial charge in [-0.3, -0.25) is 9.59 Å². The van der Waals surface area contributed by atoms with Crippen molar-refractivity contribution in [1.29, 1.82) is 0 Å². The number of likely N-dealkylation sites (tertiary alicyclic amines) is 1. The molecule has 2 amide bonds. The number of carbonyl (C=O) groups is 2. The van der Waals surface area contributed by atoms with Crippen LogP contribution in [0.4, 0.5) is 0 Å². The van der Waals surface area contributed by atoms with Gasteiger partial charge < -0.3 is 14.7 Å². The first-order valence-electron chi connectivity index (χ1n) is 8.15. The van der Waals surface area contributed by atoms with Crippen molar-refractivity contribution < 1.29 is 14.1 Å². The van der Waals surface area contributed by atoms with Crippen LogP contribution in [0.15, 0.2) is 28.8 Å². The first-order valence-corrected chi connectivity index (χ1v) is 8.53. The van der Waals surface area contributed by atoms with Crippen molar-refractivity contribution in [2.75, 3.05) is 13.1 Å². The minimum atomic E-state index is -0.126. The predicted octanol–water partition coefficient (Wildman–Crippen LogP) is 2.20. The Morgan fingerprint density at radius 2 is 2.04 bits per heavy atom. The molecule has 2 heterocycles. The van der Waals surface area contributed by atoms with Gasteiger partial charge in [0, 0.05) is 19.0 Å². The van der Waals surface area contributed by atoms with E-state index in [1.165, 1.54) is 0 Å². The minimum absolute atomic E-state index is 0.0549. The van der Waals surface area contributed by atoms with E-state index < -0.39 is 0 Å². The molecule has 1 aromatic heterocycles. The molecule has 0 bridgehead atoms. The van der Waals surface area contributed by atoms with E-state index in [2.05, 4.69) is 15.5 Å². The van der Waals surface area contributed by atoms with Crippen LogP contribution in [0.1, 0.15) is 34.9 Å². The van der Waals surface area contributed by atoms with Crippen LogP contribution < -0.4 is 5.32 Å². The van der Waals surface area contributed by atoms with E-state index in [4.69, 9.17) is 16.1 Å². The average molecular weight is 363 g/mol. The molecule has 25 heavy (non-hydrogen) atoms. The highest BCUT2D eigenvalue weighted by molar-refractivity contribution is 6.33. The largest absolute Gasteiger partial charge is 0.347 e. The van der Waals surface area contributed by atoms with Gasteiger partial charge in [-0.15, -0.1) is 0 Å². The van der Waals surface area contributed by atoms with Crippen molar-refractivity contribution >= 4 is 23.4 Å². The molecule has 3 rings (SSSR count). The standard InChI is InChI=1S/C17H19ClN4O3/c1-11-20-15(25-21-11)10-19-16(23)12-6-8-22(9-7-12)17(24)13-4-2-3-5-14(13)18/h2-5,12H,6-10H2,1H3,(H,19,23). The number of aromatic nitrogens is 2. The summed E-state index contributed by atoms with van der Waals surface area (Å²) in [5.74, 6) is 0.652. The average Bonchev–Trinajstić information content (AvgIpc) is 3.05. The number of rotatable bonds is 4. The normalized spacial score (nSPS) is 15.2. The van der Waals surface area contributed by atoms with E-state index in [0.717, 1.165) is 0 Å². The molecule has 0 spiro atoms. The summed E-state index contributed by atoms with van der Waals surface area (Å²) in [6.45, 7) is 3.00. The lowest BCUT2D eigenvalue weighted by molar-refractivity contribution is -0.126. The summed E-state index contributed by atoms with van der Waals surface area (Å²) in [7, 11) is 0. The molecule has 1 aromatic carbocycles. The highest BCUT2D eigenvalue weighted by atomic mass is 35.5. The van der Waals surface area contributed by atoms with Gasteiger partial charge in [0.2, 0.25) is 11.8 Å². The van der Waals surface area contributed by atoms with E-state index in [0.29, 0.717) is 48.2 Å². The summed E-state index contributed by atoms with van der Waals surface area (Å²) < 4.78 is 4.97. The molecule has 0 unspecified atom stereocenters. The van der Waals surface area contributed by atoms with Crippen LogP contribution in [-0.2, 0) is 11.3 Å². The van der Waals surface area contributed by atoms with Gasteiger partial charge in [-0.25, -0.2) is 0 Å². The predicted molar refractivity (Wildman–Crippen MR) is 91.0 cm³/mol. The number of hydrogen-bond acceptors (Lipinski definition) is 5. The number of nitrogens with one attached hydrogen (secondary N) is 1. The smallest absolute Gasteiger partial charge is 0.255 e. The molecule has 1 saturated heterocycles. The summed E-state index contributed by atoms with van der Waals surface area (Å²) in [5, 5.41) is 6.93. The molecule has 132 valence electrons. The third-order valence-corrected chi connectivity index (χ3v) is 4.57. The zero-order valence-corrected chi connectivity index (χ0v) is 14.6. The van der Waals surface area contributed by atoms with Gasteiger partial charge in [-0.1, -0.05) is 28.9 Å². The van der Waals surface area contributed by atoms with E-state index in [-0.39, 0.29) is 24.3 Å². The van der Waals surface area contributed by atoms with Crippen LogP contribution in [0.5, 0.6) is 0 Å². The minimum Gasteiger partial charge on any atom is -0.347 e. The number of hydrogen-bond donors (Lipinski definition) is 1. The number of aryl methyl sites for hydroxylation is 1. The lowest BCUT2D eigenvalue weighted by Crippen LogP contribution is -2.43. The first kappa shape index (κ1) is 17.4. The highest BCUT2D eigenvalue weighted by Gasteiger charge is 2.28. The summed E-state index contributed by atoms with van der Waals surface area (Å²) in [6.07, 6.45) is 1.23. The Morgan fingerprint density at radius 3 is 2.68 bits per heavy atom. The summed E-state index contributed by atoms with van der Waals surface area (Å²) in [5.41, 5.74) is 0.499. The molecule has 0 saturated carbocycles. The van der Waals surface area contributed by atoms with Crippen molar-refractivity contribution in [3.8, 4) is 0 Å². The number of carbonyl (C=O) groups excluding carboxylic acids is 2. The molecule has 7 nitrogen and oxygen atoms in total. The van der Waals surface area contributed by atoms with Gasteiger partial charge in [0.05, 0.1) is 17.1 Å². The number of nitrogens with zero attached hydrogens (tertiary/aromatic N) is 3. The fraction of sp³-hybridized carbons (Fsp3) is 0.412. The topological polar surface area (TPSA) is 88.3 Å².